The summed E-state index contributed by atoms with van der Waals surface area (Å²) in [6, 6.07) is 5.20. The lowest BCUT2D eigenvalue weighted by atomic mass is 10.1. The molecule has 112 valence electrons. The standard InChI is InChI=1S/C14H14F3N3O/c15-14(16,17)10-3-1-2-9(6-10)7-13-19-18-12-5-4-11(21)8-20(12)13/h1-3,6,11,21H,4-5,7-8H2. The molecule has 1 atom stereocenters. The number of hydrogen-bond donors (Lipinski definition) is 1. The van der Waals surface area contributed by atoms with Crippen LogP contribution in [0.4, 0.5) is 13.2 Å². The van der Waals surface area contributed by atoms with E-state index in [9.17, 15) is 18.3 Å². The van der Waals surface area contributed by atoms with E-state index in [1.807, 2.05) is 0 Å². The molecule has 2 heterocycles. The summed E-state index contributed by atoms with van der Waals surface area (Å²) in [4.78, 5) is 0. The van der Waals surface area contributed by atoms with Gasteiger partial charge in [0.1, 0.15) is 11.6 Å². The number of halogens is 3. The van der Waals surface area contributed by atoms with Gasteiger partial charge in [0.25, 0.3) is 0 Å². The van der Waals surface area contributed by atoms with Crippen LogP contribution in [0.25, 0.3) is 0 Å². The first-order chi connectivity index (χ1) is 9.93. The van der Waals surface area contributed by atoms with Gasteiger partial charge in [-0.2, -0.15) is 13.2 Å². The van der Waals surface area contributed by atoms with Crippen molar-refractivity contribution in [3.05, 3.63) is 47.0 Å². The van der Waals surface area contributed by atoms with Gasteiger partial charge in [0, 0.05) is 12.8 Å². The smallest absolute Gasteiger partial charge is 0.391 e. The van der Waals surface area contributed by atoms with Crippen LogP contribution >= 0.6 is 0 Å². The third-order valence-corrected chi connectivity index (χ3v) is 3.62. The minimum Gasteiger partial charge on any atom is -0.391 e. The van der Waals surface area contributed by atoms with Crippen LogP contribution in [0.2, 0.25) is 0 Å². The molecule has 21 heavy (non-hydrogen) atoms. The molecule has 3 rings (SSSR count). The number of hydrogen-bond acceptors (Lipinski definition) is 3. The zero-order chi connectivity index (χ0) is 15.0. The molecule has 4 nitrogen and oxygen atoms in total. The number of rotatable bonds is 2. The average Bonchev–Trinajstić information content (AvgIpc) is 2.81. The van der Waals surface area contributed by atoms with Gasteiger partial charge in [-0.05, 0) is 18.1 Å². The van der Waals surface area contributed by atoms with E-state index < -0.39 is 17.8 Å². The molecule has 2 aromatic rings. The minimum atomic E-state index is -4.35. The minimum absolute atomic E-state index is 0.267. The first-order valence-corrected chi connectivity index (χ1v) is 6.68. The quantitative estimate of drug-likeness (QED) is 0.924. The predicted octanol–water partition coefficient (Wildman–Crippen LogP) is 2.19. The summed E-state index contributed by atoms with van der Waals surface area (Å²) < 4.78 is 39.9. The van der Waals surface area contributed by atoms with Crippen molar-refractivity contribution in [2.45, 2.75) is 38.1 Å². The zero-order valence-corrected chi connectivity index (χ0v) is 11.1. The van der Waals surface area contributed by atoms with Gasteiger partial charge in [-0.15, -0.1) is 10.2 Å². The van der Waals surface area contributed by atoms with Crippen molar-refractivity contribution in [1.82, 2.24) is 14.8 Å². The number of aromatic nitrogens is 3. The Morgan fingerprint density at radius 3 is 2.86 bits per heavy atom. The molecule has 1 aliphatic rings. The first kappa shape index (κ1) is 14.1. The molecular weight excluding hydrogens is 283 g/mol. The molecule has 7 heteroatoms. The lowest BCUT2D eigenvalue weighted by Crippen LogP contribution is -2.25. The van der Waals surface area contributed by atoms with E-state index in [1.165, 1.54) is 6.07 Å². The zero-order valence-electron chi connectivity index (χ0n) is 11.1. The van der Waals surface area contributed by atoms with Gasteiger partial charge >= 0.3 is 6.18 Å². The van der Waals surface area contributed by atoms with E-state index in [4.69, 9.17) is 0 Å². The van der Waals surface area contributed by atoms with E-state index in [0.717, 1.165) is 18.0 Å². The molecule has 0 spiro atoms. The van der Waals surface area contributed by atoms with Crippen LogP contribution in [0.15, 0.2) is 24.3 Å². The molecule has 1 unspecified atom stereocenters. The molecular formula is C14H14F3N3O. The van der Waals surface area contributed by atoms with E-state index in [1.54, 1.807) is 10.6 Å². The first-order valence-electron chi connectivity index (χ1n) is 6.68. The lowest BCUT2D eigenvalue weighted by Gasteiger charge is -2.20. The molecule has 0 fully saturated rings. The van der Waals surface area contributed by atoms with Crippen LogP contribution in [-0.2, 0) is 25.6 Å². The van der Waals surface area contributed by atoms with Crippen molar-refractivity contribution in [2.75, 3.05) is 0 Å². The maximum Gasteiger partial charge on any atom is 0.416 e. The van der Waals surface area contributed by atoms with Gasteiger partial charge in [0.15, 0.2) is 0 Å². The van der Waals surface area contributed by atoms with Crippen LogP contribution in [0.1, 0.15) is 29.2 Å². The Hall–Kier alpha value is -1.89. The molecule has 0 amide bonds. The maximum absolute atomic E-state index is 12.7. The molecule has 0 bridgehead atoms. The summed E-state index contributed by atoms with van der Waals surface area (Å²) in [5.74, 6) is 1.37. The van der Waals surface area contributed by atoms with Crippen LogP contribution in [0.5, 0.6) is 0 Å². The van der Waals surface area contributed by atoms with Gasteiger partial charge in [0.2, 0.25) is 0 Å². The van der Waals surface area contributed by atoms with Gasteiger partial charge < -0.3 is 9.67 Å². The summed E-state index contributed by atoms with van der Waals surface area (Å²) in [7, 11) is 0. The molecule has 1 aromatic heterocycles. The highest BCUT2D eigenvalue weighted by Gasteiger charge is 2.30. The molecule has 1 aromatic carbocycles. The summed E-state index contributed by atoms with van der Waals surface area (Å²) >= 11 is 0. The largest absolute Gasteiger partial charge is 0.416 e. The third kappa shape index (κ3) is 2.92. The number of aliphatic hydroxyl groups excluding tert-OH is 1. The van der Waals surface area contributed by atoms with E-state index in [0.29, 0.717) is 30.8 Å². The van der Waals surface area contributed by atoms with Crippen LogP contribution in [0.3, 0.4) is 0 Å². The van der Waals surface area contributed by atoms with Crippen LogP contribution in [0, 0.1) is 0 Å². The maximum atomic E-state index is 12.7. The highest BCUT2D eigenvalue weighted by Crippen LogP contribution is 2.30. The number of benzene rings is 1. The Balaban J connectivity index is 1.86. The Morgan fingerprint density at radius 1 is 1.29 bits per heavy atom. The second kappa shape index (κ2) is 5.14. The highest BCUT2D eigenvalue weighted by molar-refractivity contribution is 5.28. The monoisotopic (exact) mass is 297 g/mol. The number of aryl methyl sites for hydroxylation is 1. The summed E-state index contributed by atoms with van der Waals surface area (Å²) in [6.07, 6.45) is -3.26. The number of alkyl halides is 3. The Bertz CT molecular complexity index is 651. The van der Waals surface area contributed by atoms with Gasteiger partial charge in [-0.25, -0.2) is 0 Å². The summed E-state index contributed by atoms with van der Waals surface area (Å²) in [5, 5.41) is 17.8. The van der Waals surface area contributed by atoms with Crippen molar-refractivity contribution in [2.24, 2.45) is 0 Å². The van der Waals surface area contributed by atoms with Gasteiger partial charge in [0.05, 0.1) is 18.2 Å². The van der Waals surface area contributed by atoms with Crippen molar-refractivity contribution in [3.63, 3.8) is 0 Å². The summed E-state index contributed by atoms with van der Waals surface area (Å²) in [5.41, 5.74) is -0.140. The van der Waals surface area contributed by atoms with Gasteiger partial charge in [-0.1, -0.05) is 18.2 Å². The second-order valence-electron chi connectivity index (χ2n) is 5.21. The Labute approximate surface area is 119 Å². The van der Waals surface area contributed by atoms with E-state index in [-0.39, 0.29) is 6.42 Å². The Kier molecular flexibility index (Phi) is 3.44. The molecule has 0 aliphatic carbocycles. The molecule has 0 saturated heterocycles. The lowest BCUT2D eigenvalue weighted by molar-refractivity contribution is -0.137. The average molecular weight is 297 g/mol. The third-order valence-electron chi connectivity index (χ3n) is 3.62. The van der Waals surface area contributed by atoms with Crippen LogP contribution in [-0.4, -0.2) is 26.0 Å². The topological polar surface area (TPSA) is 50.9 Å². The van der Waals surface area contributed by atoms with Crippen molar-refractivity contribution in [1.29, 1.82) is 0 Å². The molecule has 0 saturated carbocycles. The fourth-order valence-electron chi connectivity index (χ4n) is 2.54. The highest BCUT2D eigenvalue weighted by atomic mass is 19.4. The molecule has 0 radical (unpaired) electrons. The van der Waals surface area contributed by atoms with Gasteiger partial charge in [-0.3, -0.25) is 0 Å². The SMILES string of the molecule is OC1CCc2nnc(Cc3cccc(C(F)(F)F)c3)n2C1. The second-order valence-corrected chi connectivity index (χ2v) is 5.21. The normalized spacial score (nSPS) is 18.6. The number of nitrogens with zero attached hydrogens (tertiary/aromatic N) is 3. The van der Waals surface area contributed by atoms with Crippen molar-refractivity contribution in [3.8, 4) is 0 Å². The van der Waals surface area contributed by atoms with E-state index >= 15 is 0 Å². The summed E-state index contributed by atoms with van der Waals surface area (Å²) in [6.45, 7) is 0.399. The van der Waals surface area contributed by atoms with Crippen molar-refractivity contribution >= 4 is 0 Å². The molecule has 1 aliphatic heterocycles. The predicted molar refractivity (Wildman–Crippen MR) is 68.6 cm³/mol. The fourth-order valence-corrected chi connectivity index (χ4v) is 2.54. The number of fused-ring (bicyclic) bond motifs is 1. The fraction of sp³-hybridized carbons (Fsp3) is 0.429. The Morgan fingerprint density at radius 2 is 2.10 bits per heavy atom. The van der Waals surface area contributed by atoms with E-state index in [2.05, 4.69) is 10.2 Å². The number of aliphatic hydroxyl groups is 1. The molecule has 1 N–H and O–H groups in total. The van der Waals surface area contributed by atoms with Crippen LogP contribution < -0.4 is 0 Å². The van der Waals surface area contributed by atoms with Crippen molar-refractivity contribution < 1.29 is 18.3 Å².